The molecule has 2 rings (SSSR count). The van der Waals surface area contributed by atoms with E-state index < -0.39 is 0 Å². The predicted octanol–water partition coefficient (Wildman–Crippen LogP) is 1.73. The highest BCUT2D eigenvalue weighted by atomic mass is 16.5. The van der Waals surface area contributed by atoms with Crippen molar-refractivity contribution >= 4 is 5.84 Å². The summed E-state index contributed by atoms with van der Waals surface area (Å²) in [6.07, 6.45) is 3.60. The minimum absolute atomic E-state index is 0.0946. The molecule has 1 unspecified atom stereocenters. The van der Waals surface area contributed by atoms with Crippen molar-refractivity contribution in [2.45, 2.75) is 25.4 Å². The summed E-state index contributed by atoms with van der Waals surface area (Å²) in [7, 11) is 0. The van der Waals surface area contributed by atoms with Gasteiger partial charge >= 0.3 is 0 Å². The molecule has 0 spiro atoms. The highest BCUT2D eigenvalue weighted by molar-refractivity contribution is 5.97. The average Bonchev–Trinajstić information content (AvgIpc) is 2.46. The van der Waals surface area contributed by atoms with E-state index in [9.17, 15) is 0 Å². The van der Waals surface area contributed by atoms with Gasteiger partial charge in [-0.3, -0.25) is 0 Å². The molecule has 5 nitrogen and oxygen atoms in total. The standard InChI is InChI=1S/C13H18N2O3/c14-13(15-16)10-4-6-11(7-5-10)18-9-12-3-1-2-8-17-12/h4-7,12,16H,1-3,8-9H2,(H2,14,15). The van der Waals surface area contributed by atoms with E-state index in [0.717, 1.165) is 25.2 Å². The summed E-state index contributed by atoms with van der Waals surface area (Å²) in [5, 5.41) is 11.5. The zero-order valence-corrected chi connectivity index (χ0v) is 10.2. The van der Waals surface area contributed by atoms with Gasteiger partial charge in [0.2, 0.25) is 0 Å². The minimum atomic E-state index is 0.0946. The number of hydrogen-bond acceptors (Lipinski definition) is 4. The van der Waals surface area contributed by atoms with Crippen LogP contribution in [0.4, 0.5) is 0 Å². The van der Waals surface area contributed by atoms with Gasteiger partial charge in [-0.2, -0.15) is 0 Å². The average molecular weight is 250 g/mol. The zero-order valence-electron chi connectivity index (χ0n) is 10.2. The van der Waals surface area contributed by atoms with Crippen molar-refractivity contribution in [1.82, 2.24) is 0 Å². The third-order valence-corrected chi connectivity index (χ3v) is 2.97. The monoisotopic (exact) mass is 250 g/mol. The first kappa shape index (κ1) is 12.7. The molecule has 0 aromatic heterocycles. The second kappa shape index (κ2) is 6.26. The molecule has 18 heavy (non-hydrogen) atoms. The molecule has 0 amide bonds. The fourth-order valence-electron chi connectivity index (χ4n) is 1.91. The molecule has 0 radical (unpaired) electrons. The Balaban J connectivity index is 1.86. The van der Waals surface area contributed by atoms with Crippen LogP contribution in [0.5, 0.6) is 5.75 Å². The molecule has 0 aliphatic carbocycles. The van der Waals surface area contributed by atoms with Gasteiger partial charge in [0, 0.05) is 12.2 Å². The van der Waals surface area contributed by atoms with Gasteiger partial charge in [-0.15, -0.1) is 0 Å². The van der Waals surface area contributed by atoms with Crippen LogP contribution >= 0.6 is 0 Å². The molecule has 5 heteroatoms. The Morgan fingerprint density at radius 2 is 2.17 bits per heavy atom. The van der Waals surface area contributed by atoms with Crippen molar-refractivity contribution < 1.29 is 14.7 Å². The van der Waals surface area contributed by atoms with Crippen LogP contribution in [0.15, 0.2) is 29.4 Å². The van der Waals surface area contributed by atoms with Gasteiger partial charge in [0.05, 0.1) is 6.10 Å². The predicted molar refractivity (Wildman–Crippen MR) is 68.0 cm³/mol. The van der Waals surface area contributed by atoms with Gasteiger partial charge in [0.25, 0.3) is 0 Å². The molecule has 1 fully saturated rings. The topological polar surface area (TPSA) is 77.1 Å². The smallest absolute Gasteiger partial charge is 0.170 e. The third kappa shape index (κ3) is 3.37. The lowest BCUT2D eigenvalue weighted by Gasteiger charge is -2.22. The first-order chi connectivity index (χ1) is 8.79. The van der Waals surface area contributed by atoms with Crippen molar-refractivity contribution in [2.75, 3.05) is 13.2 Å². The molecule has 1 heterocycles. The number of amidine groups is 1. The van der Waals surface area contributed by atoms with Gasteiger partial charge < -0.3 is 20.4 Å². The first-order valence-electron chi connectivity index (χ1n) is 6.12. The molecule has 98 valence electrons. The molecular weight excluding hydrogens is 232 g/mol. The highest BCUT2D eigenvalue weighted by Gasteiger charge is 2.14. The summed E-state index contributed by atoms with van der Waals surface area (Å²) in [5.41, 5.74) is 6.14. The van der Waals surface area contributed by atoms with Crippen LogP contribution in [-0.4, -0.2) is 30.4 Å². The van der Waals surface area contributed by atoms with Crippen LogP contribution in [0.25, 0.3) is 0 Å². The number of oxime groups is 1. The Morgan fingerprint density at radius 1 is 1.39 bits per heavy atom. The maximum absolute atomic E-state index is 8.55. The maximum atomic E-state index is 8.55. The number of rotatable bonds is 4. The summed E-state index contributed by atoms with van der Waals surface area (Å²) < 4.78 is 11.2. The van der Waals surface area contributed by atoms with Gasteiger partial charge in [0.15, 0.2) is 5.84 Å². The van der Waals surface area contributed by atoms with Gasteiger partial charge in [-0.05, 0) is 43.5 Å². The Morgan fingerprint density at radius 3 is 2.78 bits per heavy atom. The van der Waals surface area contributed by atoms with Crippen molar-refractivity contribution in [3.63, 3.8) is 0 Å². The Kier molecular flexibility index (Phi) is 4.41. The quantitative estimate of drug-likeness (QED) is 0.369. The van der Waals surface area contributed by atoms with E-state index in [-0.39, 0.29) is 11.9 Å². The van der Waals surface area contributed by atoms with Crippen molar-refractivity contribution in [2.24, 2.45) is 10.9 Å². The lowest BCUT2D eigenvalue weighted by atomic mass is 10.1. The Bertz CT molecular complexity index is 397. The fraction of sp³-hybridized carbons (Fsp3) is 0.462. The lowest BCUT2D eigenvalue weighted by Crippen LogP contribution is -2.25. The molecule has 1 atom stereocenters. The summed E-state index contributed by atoms with van der Waals surface area (Å²) in [5.74, 6) is 0.857. The number of nitrogens with zero attached hydrogens (tertiary/aromatic N) is 1. The molecular formula is C13H18N2O3. The van der Waals surface area contributed by atoms with Crippen molar-refractivity contribution in [3.05, 3.63) is 29.8 Å². The van der Waals surface area contributed by atoms with Crippen LogP contribution in [0, 0.1) is 0 Å². The summed E-state index contributed by atoms with van der Waals surface area (Å²) >= 11 is 0. The molecule has 1 aliphatic heterocycles. The molecule has 1 aromatic carbocycles. The van der Waals surface area contributed by atoms with Crippen LogP contribution < -0.4 is 10.5 Å². The summed E-state index contributed by atoms with van der Waals surface area (Å²) in [6, 6.07) is 7.12. The molecule has 1 aromatic rings. The maximum Gasteiger partial charge on any atom is 0.170 e. The summed E-state index contributed by atoms with van der Waals surface area (Å²) in [6.45, 7) is 1.40. The largest absolute Gasteiger partial charge is 0.491 e. The number of nitrogens with two attached hydrogens (primary N) is 1. The van der Waals surface area contributed by atoms with E-state index in [1.165, 1.54) is 6.42 Å². The number of hydrogen-bond donors (Lipinski definition) is 2. The number of benzene rings is 1. The number of ether oxygens (including phenoxy) is 2. The SMILES string of the molecule is N/C(=N\O)c1ccc(OCC2CCCCO2)cc1. The molecule has 1 aliphatic rings. The van der Waals surface area contributed by atoms with E-state index in [0.29, 0.717) is 12.2 Å². The van der Waals surface area contributed by atoms with Gasteiger partial charge in [0.1, 0.15) is 12.4 Å². The van der Waals surface area contributed by atoms with Crippen LogP contribution in [0.1, 0.15) is 24.8 Å². The molecule has 0 bridgehead atoms. The van der Waals surface area contributed by atoms with Gasteiger partial charge in [-0.25, -0.2) is 0 Å². The van der Waals surface area contributed by atoms with E-state index in [2.05, 4.69) is 5.16 Å². The van der Waals surface area contributed by atoms with Crippen LogP contribution in [0.2, 0.25) is 0 Å². The molecule has 0 saturated carbocycles. The highest BCUT2D eigenvalue weighted by Crippen LogP contribution is 2.16. The summed E-state index contributed by atoms with van der Waals surface area (Å²) in [4.78, 5) is 0. The van der Waals surface area contributed by atoms with Crippen LogP contribution in [0.3, 0.4) is 0 Å². The minimum Gasteiger partial charge on any atom is -0.491 e. The van der Waals surface area contributed by atoms with Crippen molar-refractivity contribution in [1.29, 1.82) is 0 Å². The molecule has 3 N–H and O–H groups in total. The van der Waals surface area contributed by atoms with E-state index in [1.54, 1.807) is 24.3 Å². The zero-order chi connectivity index (χ0) is 12.8. The molecule has 1 saturated heterocycles. The van der Waals surface area contributed by atoms with Crippen LogP contribution in [-0.2, 0) is 4.74 Å². The first-order valence-corrected chi connectivity index (χ1v) is 6.12. The van der Waals surface area contributed by atoms with Gasteiger partial charge in [-0.1, -0.05) is 5.16 Å². The Labute approximate surface area is 106 Å². The second-order valence-electron chi connectivity index (χ2n) is 4.31. The van der Waals surface area contributed by atoms with E-state index in [4.69, 9.17) is 20.4 Å². The fourth-order valence-corrected chi connectivity index (χ4v) is 1.91. The van der Waals surface area contributed by atoms with E-state index in [1.807, 2.05) is 0 Å². The second-order valence-corrected chi connectivity index (χ2v) is 4.31. The normalized spacial score (nSPS) is 20.7. The van der Waals surface area contributed by atoms with E-state index >= 15 is 0 Å². The lowest BCUT2D eigenvalue weighted by molar-refractivity contribution is -0.0110. The third-order valence-electron chi connectivity index (χ3n) is 2.97. The van der Waals surface area contributed by atoms with Crippen molar-refractivity contribution in [3.8, 4) is 5.75 Å². The Hall–Kier alpha value is -1.75.